The number of hydrogen-bond acceptors (Lipinski definition) is 3. The Balaban J connectivity index is 2.19. The lowest BCUT2D eigenvalue weighted by Crippen LogP contribution is -1.94. The van der Waals surface area contributed by atoms with Gasteiger partial charge in [0.1, 0.15) is 5.75 Å². The highest BCUT2D eigenvalue weighted by molar-refractivity contribution is 5.43. The Morgan fingerprint density at radius 2 is 1.94 bits per heavy atom. The third-order valence-electron chi connectivity index (χ3n) is 2.60. The second-order valence-corrected chi connectivity index (χ2v) is 3.99. The largest absolute Gasteiger partial charge is 0.439 e. The number of nitrogen functional groups attached to an aromatic ring is 1. The molecule has 3 heteroatoms. The Bertz CT molecular complexity index is 506. The Kier molecular flexibility index (Phi) is 3.28. The first-order chi connectivity index (χ1) is 8.19. The fraction of sp³-hybridized carbons (Fsp3) is 0.214. The summed E-state index contributed by atoms with van der Waals surface area (Å²) in [4.78, 5) is 4.17. The molecule has 0 saturated heterocycles. The van der Waals surface area contributed by atoms with E-state index < -0.39 is 0 Å². The first kappa shape index (κ1) is 11.5. The Morgan fingerprint density at radius 3 is 2.53 bits per heavy atom. The van der Waals surface area contributed by atoms with Crippen LogP contribution in [0.3, 0.4) is 0 Å². The molecule has 0 unspecified atom stereocenters. The van der Waals surface area contributed by atoms with Gasteiger partial charge >= 0.3 is 0 Å². The minimum absolute atomic E-state index is 0.600. The fourth-order valence-electron chi connectivity index (χ4n) is 1.60. The van der Waals surface area contributed by atoms with Crippen molar-refractivity contribution >= 4 is 5.69 Å². The first-order valence-corrected chi connectivity index (χ1v) is 5.68. The summed E-state index contributed by atoms with van der Waals surface area (Å²) in [6, 6.07) is 9.87. The molecule has 0 aliphatic heterocycles. The summed E-state index contributed by atoms with van der Waals surface area (Å²) in [5.74, 6) is 1.39. The van der Waals surface area contributed by atoms with Crippen molar-refractivity contribution in [2.24, 2.45) is 0 Å². The third-order valence-corrected chi connectivity index (χ3v) is 2.60. The summed E-state index contributed by atoms with van der Waals surface area (Å²) in [7, 11) is 0. The van der Waals surface area contributed by atoms with E-state index in [1.807, 2.05) is 25.1 Å². The van der Waals surface area contributed by atoms with Gasteiger partial charge in [-0.2, -0.15) is 0 Å². The van der Waals surface area contributed by atoms with Gasteiger partial charge in [-0.15, -0.1) is 0 Å². The molecule has 0 fully saturated rings. The van der Waals surface area contributed by atoms with E-state index in [4.69, 9.17) is 10.5 Å². The SMILES string of the molecule is CCc1ccc(Oc2ncc(N)cc2C)cc1. The maximum atomic E-state index is 5.70. The van der Waals surface area contributed by atoms with E-state index in [0.29, 0.717) is 11.6 Å². The number of pyridine rings is 1. The van der Waals surface area contributed by atoms with Crippen LogP contribution in [0.15, 0.2) is 36.5 Å². The second-order valence-electron chi connectivity index (χ2n) is 3.99. The number of nitrogens with two attached hydrogens (primary N) is 1. The summed E-state index contributed by atoms with van der Waals surface area (Å²) in [5, 5.41) is 0. The van der Waals surface area contributed by atoms with Gasteiger partial charge in [0, 0.05) is 5.56 Å². The molecule has 0 aliphatic carbocycles. The van der Waals surface area contributed by atoms with Crippen LogP contribution in [0.5, 0.6) is 11.6 Å². The maximum Gasteiger partial charge on any atom is 0.222 e. The zero-order valence-corrected chi connectivity index (χ0v) is 10.1. The molecular weight excluding hydrogens is 212 g/mol. The van der Waals surface area contributed by atoms with Gasteiger partial charge in [0.05, 0.1) is 11.9 Å². The highest BCUT2D eigenvalue weighted by Crippen LogP contribution is 2.24. The van der Waals surface area contributed by atoms with Gasteiger partial charge in [-0.25, -0.2) is 4.98 Å². The van der Waals surface area contributed by atoms with Crippen LogP contribution >= 0.6 is 0 Å². The summed E-state index contributed by atoms with van der Waals surface area (Å²) in [6.45, 7) is 4.06. The molecule has 0 saturated carbocycles. The van der Waals surface area contributed by atoms with E-state index >= 15 is 0 Å². The van der Waals surface area contributed by atoms with Crippen LogP contribution in [0, 0.1) is 6.92 Å². The molecule has 0 spiro atoms. The Labute approximate surface area is 101 Å². The Morgan fingerprint density at radius 1 is 1.24 bits per heavy atom. The zero-order valence-electron chi connectivity index (χ0n) is 10.1. The van der Waals surface area contributed by atoms with Crippen LogP contribution in [-0.4, -0.2) is 4.98 Å². The average Bonchev–Trinajstić information content (AvgIpc) is 2.34. The maximum absolute atomic E-state index is 5.70. The van der Waals surface area contributed by atoms with E-state index in [1.165, 1.54) is 5.56 Å². The van der Waals surface area contributed by atoms with E-state index in [-0.39, 0.29) is 0 Å². The van der Waals surface area contributed by atoms with Crippen LogP contribution in [0.1, 0.15) is 18.1 Å². The quantitative estimate of drug-likeness (QED) is 0.876. The van der Waals surface area contributed by atoms with Gasteiger partial charge < -0.3 is 10.5 Å². The van der Waals surface area contributed by atoms with Gasteiger partial charge in [-0.05, 0) is 37.1 Å². The molecule has 1 heterocycles. The predicted octanol–water partition coefficient (Wildman–Crippen LogP) is 3.33. The highest BCUT2D eigenvalue weighted by atomic mass is 16.5. The van der Waals surface area contributed by atoms with Gasteiger partial charge in [0.2, 0.25) is 5.88 Å². The number of anilines is 1. The molecule has 1 aromatic heterocycles. The molecule has 0 amide bonds. The molecule has 0 atom stereocenters. The van der Waals surface area contributed by atoms with Crippen LogP contribution in [-0.2, 0) is 6.42 Å². The number of aromatic nitrogens is 1. The van der Waals surface area contributed by atoms with Gasteiger partial charge in [-0.3, -0.25) is 0 Å². The molecule has 3 nitrogen and oxygen atoms in total. The average molecular weight is 228 g/mol. The summed E-state index contributed by atoms with van der Waals surface area (Å²) in [5.41, 5.74) is 8.52. The number of rotatable bonds is 3. The number of nitrogens with zero attached hydrogens (tertiary/aromatic N) is 1. The van der Waals surface area contributed by atoms with Crippen molar-refractivity contribution < 1.29 is 4.74 Å². The molecule has 1 aromatic carbocycles. The molecule has 17 heavy (non-hydrogen) atoms. The van der Waals surface area contributed by atoms with Gasteiger partial charge in [-0.1, -0.05) is 19.1 Å². The van der Waals surface area contributed by atoms with Crippen LogP contribution in [0.2, 0.25) is 0 Å². The Hall–Kier alpha value is -2.03. The lowest BCUT2D eigenvalue weighted by atomic mass is 10.2. The minimum Gasteiger partial charge on any atom is -0.439 e. The number of aryl methyl sites for hydroxylation is 2. The van der Waals surface area contributed by atoms with Crippen LogP contribution in [0.4, 0.5) is 5.69 Å². The number of benzene rings is 1. The topological polar surface area (TPSA) is 48.1 Å². The summed E-state index contributed by atoms with van der Waals surface area (Å²) in [6.07, 6.45) is 2.63. The van der Waals surface area contributed by atoms with E-state index in [9.17, 15) is 0 Å². The van der Waals surface area contributed by atoms with Crippen molar-refractivity contribution in [2.45, 2.75) is 20.3 Å². The summed E-state index contributed by atoms with van der Waals surface area (Å²) >= 11 is 0. The van der Waals surface area contributed by atoms with Crippen molar-refractivity contribution in [3.8, 4) is 11.6 Å². The lowest BCUT2D eigenvalue weighted by Gasteiger charge is -2.08. The van der Waals surface area contributed by atoms with Crippen molar-refractivity contribution in [1.82, 2.24) is 4.98 Å². The molecule has 2 aromatic rings. The smallest absolute Gasteiger partial charge is 0.222 e. The van der Waals surface area contributed by atoms with E-state index in [0.717, 1.165) is 17.7 Å². The van der Waals surface area contributed by atoms with Crippen molar-refractivity contribution in [1.29, 1.82) is 0 Å². The van der Waals surface area contributed by atoms with Crippen molar-refractivity contribution in [3.05, 3.63) is 47.7 Å². The lowest BCUT2D eigenvalue weighted by molar-refractivity contribution is 0.459. The highest BCUT2D eigenvalue weighted by Gasteiger charge is 2.03. The number of ether oxygens (including phenoxy) is 1. The molecular formula is C14H16N2O. The van der Waals surface area contributed by atoms with E-state index in [1.54, 1.807) is 6.20 Å². The molecule has 2 rings (SSSR count). The zero-order chi connectivity index (χ0) is 12.3. The monoisotopic (exact) mass is 228 g/mol. The normalized spacial score (nSPS) is 10.2. The minimum atomic E-state index is 0.600. The predicted molar refractivity (Wildman–Crippen MR) is 69.3 cm³/mol. The summed E-state index contributed by atoms with van der Waals surface area (Å²) < 4.78 is 5.70. The molecule has 0 bridgehead atoms. The fourth-order valence-corrected chi connectivity index (χ4v) is 1.60. The standard InChI is InChI=1S/C14H16N2O/c1-3-11-4-6-13(7-5-11)17-14-10(2)8-12(15)9-16-14/h4-9H,3,15H2,1-2H3. The third kappa shape index (κ3) is 2.75. The van der Waals surface area contributed by atoms with E-state index in [2.05, 4.69) is 24.0 Å². The second kappa shape index (κ2) is 4.87. The van der Waals surface area contributed by atoms with Crippen molar-refractivity contribution in [2.75, 3.05) is 5.73 Å². The van der Waals surface area contributed by atoms with Gasteiger partial charge in [0.25, 0.3) is 0 Å². The van der Waals surface area contributed by atoms with Crippen LogP contribution < -0.4 is 10.5 Å². The van der Waals surface area contributed by atoms with Gasteiger partial charge in [0.15, 0.2) is 0 Å². The van der Waals surface area contributed by atoms with Crippen LogP contribution in [0.25, 0.3) is 0 Å². The molecule has 88 valence electrons. The molecule has 0 radical (unpaired) electrons. The number of hydrogen-bond donors (Lipinski definition) is 1. The molecule has 0 aliphatic rings. The first-order valence-electron chi connectivity index (χ1n) is 5.68. The molecule has 2 N–H and O–H groups in total. The van der Waals surface area contributed by atoms with Crippen molar-refractivity contribution in [3.63, 3.8) is 0 Å².